The summed E-state index contributed by atoms with van der Waals surface area (Å²) in [6.45, 7) is 1.85. The molecule has 1 heterocycles. The Balaban J connectivity index is 2.10. The van der Waals surface area contributed by atoms with Crippen LogP contribution >= 0.6 is 0 Å². The highest BCUT2D eigenvalue weighted by atomic mass is 15.2. The Morgan fingerprint density at radius 1 is 1.36 bits per heavy atom. The first-order chi connectivity index (χ1) is 6.86. The number of nitrogens with zero attached hydrogens (tertiary/aromatic N) is 1. The fourth-order valence-corrected chi connectivity index (χ4v) is 1.35. The van der Waals surface area contributed by atoms with Crippen molar-refractivity contribution >= 4 is 17.3 Å². The van der Waals surface area contributed by atoms with Gasteiger partial charge in [0.1, 0.15) is 0 Å². The lowest BCUT2D eigenvalue weighted by atomic mass is 10.3. The number of rotatable bonds is 1. The normalized spacial score (nSPS) is 15.6. The van der Waals surface area contributed by atoms with Crippen LogP contribution in [-0.4, -0.2) is 19.0 Å². The van der Waals surface area contributed by atoms with Crippen LogP contribution in [0.5, 0.6) is 0 Å². The Morgan fingerprint density at radius 3 is 2.93 bits per heavy atom. The van der Waals surface area contributed by atoms with Gasteiger partial charge in [0, 0.05) is 13.1 Å². The summed E-state index contributed by atoms with van der Waals surface area (Å²) in [6.07, 6.45) is 1.09. The molecule has 0 unspecified atom stereocenters. The summed E-state index contributed by atoms with van der Waals surface area (Å²) in [5.41, 5.74) is 7.43. The van der Waals surface area contributed by atoms with Crippen molar-refractivity contribution in [2.24, 2.45) is 4.99 Å². The van der Waals surface area contributed by atoms with Crippen molar-refractivity contribution in [3.63, 3.8) is 0 Å². The molecule has 0 radical (unpaired) electrons. The first-order valence-corrected chi connectivity index (χ1v) is 4.76. The molecule has 74 valence electrons. The minimum absolute atomic E-state index is 0.738. The predicted molar refractivity (Wildman–Crippen MR) is 59.4 cm³/mol. The number of benzene rings is 1. The third-order valence-electron chi connectivity index (χ3n) is 2.11. The van der Waals surface area contributed by atoms with E-state index < -0.39 is 0 Å². The van der Waals surface area contributed by atoms with Gasteiger partial charge in [-0.25, -0.2) is 0 Å². The fourth-order valence-electron chi connectivity index (χ4n) is 1.35. The van der Waals surface area contributed by atoms with Gasteiger partial charge in [-0.15, -0.1) is 0 Å². The number of nitrogen functional groups attached to an aromatic ring is 1. The van der Waals surface area contributed by atoms with Crippen LogP contribution in [0.3, 0.4) is 0 Å². The summed E-state index contributed by atoms with van der Waals surface area (Å²) >= 11 is 0. The largest absolute Gasteiger partial charge is 0.397 e. The van der Waals surface area contributed by atoms with Gasteiger partial charge in [-0.2, -0.15) is 0 Å². The molecule has 1 aliphatic heterocycles. The second kappa shape index (κ2) is 4.00. The molecule has 0 bridgehead atoms. The third-order valence-corrected chi connectivity index (χ3v) is 2.11. The minimum atomic E-state index is 0.738. The predicted octanol–water partition coefficient (Wildman–Crippen LogP) is 1.03. The highest BCUT2D eigenvalue weighted by molar-refractivity contribution is 5.96. The Morgan fingerprint density at radius 2 is 2.21 bits per heavy atom. The zero-order valence-electron chi connectivity index (χ0n) is 7.96. The van der Waals surface area contributed by atoms with Crippen LogP contribution in [0.25, 0.3) is 0 Å². The summed E-state index contributed by atoms with van der Waals surface area (Å²) < 4.78 is 0. The first kappa shape index (κ1) is 8.87. The van der Waals surface area contributed by atoms with Crippen molar-refractivity contribution in [3.05, 3.63) is 24.3 Å². The minimum Gasteiger partial charge on any atom is -0.397 e. The van der Waals surface area contributed by atoms with E-state index >= 15 is 0 Å². The number of hydrogen-bond acceptors (Lipinski definition) is 4. The van der Waals surface area contributed by atoms with Gasteiger partial charge in [-0.3, -0.25) is 4.99 Å². The second-order valence-electron chi connectivity index (χ2n) is 3.22. The first-order valence-electron chi connectivity index (χ1n) is 4.76. The van der Waals surface area contributed by atoms with Crippen molar-refractivity contribution in [3.8, 4) is 0 Å². The molecular formula is C10H14N4. The molecule has 1 aromatic carbocycles. The average molecular weight is 190 g/mol. The molecule has 14 heavy (non-hydrogen) atoms. The van der Waals surface area contributed by atoms with Gasteiger partial charge in [-0.05, 0) is 18.6 Å². The van der Waals surface area contributed by atoms with Crippen molar-refractivity contribution in [2.45, 2.75) is 6.42 Å². The van der Waals surface area contributed by atoms with E-state index in [-0.39, 0.29) is 0 Å². The topological polar surface area (TPSA) is 62.4 Å². The van der Waals surface area contributed by atoms with Gasteiger partial charge in [-0.1, -0.05) is 12.1 Å². The van der Waals surface area contributed by atoms with E-state index in [9.17, 15) is 0 Å². The molecule has 0 saturated heterocycles. The number of nitrogens with two attached hydrogens (primary N) is 1. The van der Waals surface area contributed by atoms with Crippen LogP contribution in [-0.2, 0) is 0 Å². The van der Waals surface area contributed by atoms with Gasteiger partial charge >= 0.3 is 0 Å². The van der Waals surface area contributed by atoms with Gasteiger partial charge in [0.05, 0.1) is 11.4 Å². The SMILES string of the molecule is Nc1ccccc1NC1=NCCCN1. The van der Waals surface area contributed by atoms with Crippen LogP contribution in [0.2, 0.25) is 0 Å². The summed E-state index contributed by atoms with van der Waals surface area (Å²) in [5.74, 6) is 0.814. The molecule has 0 saturated carbocycles. The molecule has 0 aliphatic carbocycles. The number of anilines is 2. The molecule has 1 aliphatic rings. The Bertz CT molecular complexity index is 346. The van der Waals surface area contributed by atoms with Crippen LogP contribution in [0.15, 0.2) is 29.3 Å². The summed E-state index contributed by atoms with van der Waals surface area (Å²) in [5, 5.41) is 6.34. The number of nitrogens with one attached hydrogen (secondary N) is 2. The van der Waals surface area contributed by atoms with Crippen molar-refractivity contribution in [1.29, 1.82) is 0 Å². The van der Waals surface area contributed by atoms with Crippen molar-refractivity contribution in [1.82, 2.24) is 5.32 Å². The molecule has 1 aromatic rings. The zero-order chi connectivity index (χ0) is 9.80. The molecule has 2 rings (SSSR count). The van der Waals surface area contributed by atoms with Gasteiger partial charge < -0.3 is 16.4 Å². The summed E-state index contributed by atoms with van der Waals surface area (Å²) in [6, 6.07) is 7.67. The lowest BCUT2D eigenvalue weighted by molar-refractivity contribution is 0.740. The van der Waals surface area contributed by atoms with Crippen LogP contribution in [0.1, 0.15) is 6.42 Å². The molecule has 4 heteroatoms. The lowest BCUT2D eigenvalue weighted by Crippen LogP contribution is -2.35. The fraction of sp³-hybridized carbons (Fsp3) is 0.300. The monoisotopic (exact) mass is 190 g/mol. The molecule has 0 fully saturated rings. The highest BCUT2D eigenvalue weighted by Crippen LogP contribution is 2.16. The molecule has 4 N–H and O–H groups in total. The second-order valence-corrected chi connectivity index (χ2v) is 3.22. The van der Waals surface area contributed by atoms with Crippen LogP contribution < -0.4 is 16.4 Å². The summed E-state index contributed by atoms with van der Waals surface area (Å²) in [4.78, 5) is 4.30. The van der Waals surface area contributed by atoms with Gasteiger partial charge in [0.2, 0.25) is 0 Å². The average Bonchev–Trinajstić information content (AvgIpc) is 2.23. The van der Waals surface area contributed by atoms with Crippen molar-refractivity contribution < 1.29 is 0 Å². The van der Waals surface area contributed by atoms with Crippen LogP contribution in [0.4, 0.5) is 11.4 Å². The van der Waals surface area contributed by atoms with Gasteiger partial charge in [0.15, 0.2) is 5.96 Å². The Kier molecular flexibility index (Phi) is 2.53. The van der Waals surface area contributed by atoms with E-state index in [1.807, 2.05) is 24.3 Å². The zero-order valence-corrected chi connectivity index (χ0v) is 7.96. The lowest BCUT2D eigenvalue weighted by Gasteiger charge is -2.16. The molecular weight excluding hydrogens is 176 g/mol. The van der Waals surface area contributed by atoms with E-state index in [0.717, 1.165) is 36.8 Å². The maximum absolute atomic E-state index is 5.79. The van der Waals surface area contributed by atoms with E-state index in [4.69, 9.17) is 5.73 Å². The number of hydrogen-bond donors (Lipinski definition) is 3. The number of para-hydroxylation sites is 2. The van der Waals surface area contributed by atoms with E-state index in [1.165, 1.54) is 0 Å². The Hall–Kier alpha value is -1.71. The molecule has 4 nitrogen and oxygen atoms in total. The highest BCUT2D eigenvalue weighted by Gasteiger charge is 2.04. The standard InChI is InChI=1S/C10H14N4/c11-8-4-1-2-5-9(8)14-10-12-6-3-7-13-10/h1-2,4-5H,3,6-7,11H2,(H2,12,13,14). The van der Waals surface area contributed by atoms with E-state index in [0.29, 0.717) is 0 Å². The molecule has 0 amide bonds. The maximum atomic E-state index is 5.79. The van der Waals surface area contributed by atoms with E-state index in [2.05, 4.69) is 15.6 Å². The quantitative estimate of drug-likeness (QED) is 0.580. The maximum Gasteiger partial charge on any atom is 0.195 e. The van der Waals surface area contributed by atoms with Crippen LogP contribution in [0, 0.1) is 0 Å². The van der Waals surface area contributed by atoms with E-state index in [1.54, 1.807) is 0 Å². The third kappa shape index (κ3) is 1.96. The summed E-state index contributed by atoms with van der Waals surface area (Å²) in [7, 11) is 0. The molecule has 0 aromatic heterocycles. The smallest absolute Gasteiger partial charge is 0.195 e. The van der Waals surface area contributed by atoms with Crippen molar-refractivity contribution in [2.75, 3.05) is 24.1 Å². The molecule has 0 atom stereocenters. The number of aliphatic imine (C=N–C) groups is 1. The number of guanidine groups is 1. The van der Waals surface area contributed by atoms with Gasteiger partial charge in [0.25, 0.3) is 0 Å². The Labute approximate surface area is 83.2 Å². The molecule has 0 spiro atoms.